The van der Waals surface area contributed by atoms with E-state index >= 15 is 0 Å². The van der Waals surface area contributed by atoms with E-state index < -0.39 is 0 Å². The van der Waals surface area contributed by atoms with E-state index in [0.717, 1.165) is 18.8 Å². The third kappa shape index (κ3) is 4.56. The minimum Gasteiger partial charge on any atom is -0.396 e. The van der Waals surface area contributed by atoms with Gasteiger partial charge in [0.1, 0.15) is 0 Å². The number of benzene rings is 1. The Bertz CT molecular complexity index is 304. The van der Waals surface area contributed by atoms with E-state index in [9.17, 15) is 0 Å². The number of aliphatic hydroxyl groups excluding tert-OH is 1. The fraction of sp³-hybridized carbons (Fsp3) is 0.538. The van der Waals surface area contributed by atoms with E-state index in [1.54, 1.807) is 0 Å². The highest BCUT2D eigenvalue weighted by Crippen LogP contribution is 2.24. The molecule has 0 amide bonds. The summed E-state index contributed by atoms with van der Waals surface area (Å²) >= 11 is 1.83. The summed E-state index contributed by atoms with van der Waals surface area (Å²) in [7, 11) is 0. The van der Waals surface area contributed by atoms with Gasteiger partial charge in [-0.25, -0.2) is 0 Å². The van der Waals surface area contributed by atoms with Crippen LogP contribution in [0.25, 0.3) is 0 Å². The Hall–Kier alpha value is -0.510. The molecule has 0 aromatic heterocycles. The topological polar surface area (TPSA) is 32.3 Å². The number of rotatable bonds is 7. The van der Waals surface area contributed by atoms with E-state index in [2.05, 4.69) is 43.4 Å². The standard InChI is InChI=1S/C13H21NOS/c1-3-14-8-12-6-4-5-7-13(12)16-10-11(2)9-15/h4-7,11,14-15H,3,8-10H2,1-2H3. The second-order valence-electron chi connectivity index (χ2n) is 3.99. The van der Waals surface area contributed by atoms with Gasteiger partial charge < -0.3 is 10.4 Å². The summed E-state index contributed by atoms with van der Waals surface area (Å²) in [5, 5.41) is 12.3. The lowest BCUT2D eigenvalue weighted by atomic mass is 10.2. The van der Waals surface area contributed by atoms with E-state index in [0.29, 0.717) is 5.92 Å². The van der Waals surface area contributed by atoms with Gasteiger partial charge in [-0.2, -0.15) is 0 Å². The summed E-state index contributed by atoms with van der Waals surface area (Å²) in [5.41, 5.74) is 1.35. The predicted octanol–water partition coefficient (Wildman–Crippen LogP) is 2.52. The average molecular weight is 239 g/mol. The summed E-state index contributed by atoms with van der Waals surface area (Å²) in [4.78, 5) is 1.32. The Morgan fingerprint density at radius 2 is 2.12 bits per heavy atom. The normalized spacial score (nSPS) is 12.7. The van der Waals surface area contributed by atoms with Crippen molar-refractivity contribution in [1.29, 1.82) is 0 Å². The monoisotopic (exact) mass is 239 g/mol. The second kappa shape index (κ2) is 7.71. The predicted molar refractivity (Wildman–Crippen MR) is 70.8 cm³/mol. The van der Waals surface area contributed by atoms with E-state index in [-0.39, 0.29) is 6.61 Å². The van der Waals surface area contributed by atoms with Gasteiger partial charge in [0.15, 0.2) is 0 Å². The van der Waals surface area contributed by atoms with Crippen LogP contribution in [0.2, 0.25) is 0 Å². The molecule has 2 N–H and O–H groups in total. The van der Waals surface area contributed by atoms with Gasteiger partial charge in [-0.1, -0.05) is 32.0 Å². The summed E-state index contributed by atoms with van der Waals surface area (Å²) in [5.74, 6) is 1.33. The minimum atomic E-state index is 0.266. The van der Waals surface area contributed by atoms with Gasteiger partial charge in [0.2, 0.25) is 0 Å². The van der Waals surface area contributed by atoms with Crippen molar-refractivity contribution < 1.29 is 5.11 Å². The first-order chi connectivity index (χ1) is 7.77. The van der Waals surface area contributed by atoms with Crippen molar-refractivity contribution in [3.05, 3.63) is 29.8 Å². The smallest absolute Gasteiger partial charge is 0.0464 e. The number of hydrogen-bond acceptors (Lipinski definition) is 3. The average Bonchev–Trinajstić information content (AvgIpc) is 2.34. The highest BCUT2D eigenvalue weighted by Gasteiger charge is 2.05. The molecule has 0 bridgehead atoms. The highest BCUT2D eigenvalue weighted by atomic mass is 32.2. The van der Waals surface area contributed by atoms with E-state index in [1.807, 2.05) is 11.8 Å². The SMILES string of the molecule is CCNCc1ccccc1SCC(C)CO. The number of nitrogens with one attached hydrogen (secondary N) is 1. The molecule has 0 radical (unpaired) electrons. The summed E-state index contributed by atoms with van der Waals surface area (Å²) in [6, 6.07) is 8.46. The number of hydrogen-bond donors (Lipinski definition) is 2. The molecule has 90 valence electrons. The van der Waals surface area contributed by atoms with Crippen LogP contribution in [0, 0.1) is 5.92 Å². The lowest BCUT2D eigenvalue weighted by molar-refractivity contribution is 0.250. The van der Waals surface area contributed by atoms with Gasteiger partial charge in [-0.15, -0.1) is 11.8 Å². The molecule has 1 atom stereocenters. The van der Waals surface area contributed by atoms with Crippen molar-refractivity contribution >= 4 is 11.8 Å². The second-order valence-corrected chi connectivity index (χ2v) is 5.05. The third-order valence-electron chi connectivity index (χ3n) is 2.37. The zero-order chi connectivity index (χ0) is 11.8. The van der Waals surface area contributed by atoms with Crippen LogP contribution >= 0.6 is 11.8 Å². The molecule has 3 heteroatoms. The first-order valence-corrected chi connectivity index (χ1v) is 6.78. The quantitative estimate of drug-likeness (QED) is 0.717. The van der Waals surface area contributed by atoms with Crippen molar-refractivity contribution in [2.24, 2.45) is 5.92 Å². The Balaban J connectivity index is 2.56. The van der Waals surface area contributed by atoms with Gasteiger partial charge in [0, 0.05) is 23.8 Å². The third-order valence-corrected chi connectivity index (χ3v) is 3.82. The number of thioether (sulfide) groups is 1. The van der Waals surface area contributed by atoms with Crippen LogP contribution in [0.5, 0.6) is 0 Å². The Kier molecular flexibility index (Phi) is 6.53. The Morgan fingerprint density at radius 3 is 2.81 bits per heavy atom. The first-order valence-electron chi connectivity index (χ1n) is 5.80. The zero-order valence-corrected chi connectivity index (χ0v) is 10.9. The molecular formula is C13H21NOS. The van der Waals surface area contributed by atoms with Crippen LogP contribution in [-0.4, -0.2) is 24.0 Å². The van der Waals surface area contributed by atoms with Gasteiger partial charge in [-0.05, 0) is 24.1 Å². The molecule has 16 heavy (non-hydrogen) atoms. The molecule has 1 aromatic rings. The fourth-order valence-electron chi connectivity index (χ4n) is 1.34. The summed E-state index contributed by atoms with van der Waals surface area (Å²) < 4.78 is 0. The lowest BCUT2D eigenvalue weighted by Crippen LogP contribution is -2.12. The number of aliphatic hydroxyl groups is 1. The molecule has 0 aliphatic heterocycles. The van der Waals surface area contributed by atoms with Crippen LogP contribution in [0.4, 0.5) is 0 Å². The molecule has 0 saturated heterocycles. The van der Waals surface area contributed by atoms with Gasteiger partial charge in [0.25, 0.3) is 0 Å². The molecule has 1 rings (SSSR count). The largest absolute Gasteiger partial charge is 0.396 e. The Morgan fingerprint density at radius 1 is 1.38 bits per heavy atom. The van der Waals surface area contributed by atoms with Crippen LogP contribution in [0.3, 0.4) is 0 Å². The van der Waals surface area contributed by atoms with Crippen LogP contribution in [0.1, 0.15) is 19.4 Å². The van der Waals surface area contributed by atoms with Gasteiger partial charge in [-0.3, -0.25) is 0 Å². The van der Waals surface area contributed by atoms with Crippen molar-refractivity contribution in [3.8, 4) is 0 Å². The summed E-state index contributed by atoms with van der Waals surface area (Å²) in [6.45, 7) is 6.37. The maximum Gasteiger partial charge on any atom is 0.0464 e. The van der Waals surface area contributed by atoms with Gasteiger partial charge in [0.05, 0.1) is 0 Å². The maximum absolute atomic E-state index is 9.00. The zero-order valence-electron chi connectivity index (χ0n) is 10.1. The fourth-order valence-corrected chi connectivity index (χ4v) is 2.40. The van der Waals surface area contributed by atoms with Crippen LogP contribution < -0.4 is 5.32 Å². The summed E-state index contributed by atoms with van der Waals surface area (Å²) in [6.07, 6.45) is 0. The molecule has 0 saturated carbocycles. The van der Waals surface area contributed by atoms with Gasteiger partial charge >= 0.3 is 0 Å². The molecular weight excluding hydrogens is 218 g/mol. The van der Waals surface area contributed by atoms with Crippen LogP contribution in [-0.2, 0) is 6.54 Å². The van der Waals surface area contributed by atoms with Crippen molar-refractivity contribution in [2.45, 2.75) is 25.3 Å². The molecule has 0 aliphatic carbocycles. The highest BCUT2D eigenvalue weighted by molar-refractivity contribution is 7.99. The maximum atomic E-state index is 9.00. The molecule has 1 unspecified atom stereocenters. The molecule has 2 nitrogen and oxygen atoms in total. The first kappa shape index (κ1) is 13.6. The lowest BCUT2D eigenvalue weighted by Gasteiger charge is -2.11. The molecule has 0 aliphatic rings. The van der Waals surface area contributed by atoms with Crippen LogP contribution in [0.15, 0.2) is 29.2 Å². The molecule has 0 spiro atoms. The van der Waals surface area contributed by atoms with Crippen molar-refractivity contribution in [1.82, 2.24) is 5.32 Å². The van der Waals surface area contributed by atoms with Crippen molar-refractivity contribution in [3.63, 3.8) is 0 Å². The van der Waals surface area contributed by atoms with Crippen molar-refractivity contribution in [2.75, 3.05) is 18.9 Å². The minimum absolute atomic E-state index is 0.266. The van der Waals surface area contributed by atoms with E-state index in [1.165, 1.54) is 10.5 Å². The molecule has 0 fully saturated rings. The van der Waals surface area contributed by atoms with E-state index in [4.69, 9.17) is 5.11 Å². The Labute approximate surface area is 102 Å². The molecule has 0 heterocycles. The molecule has 1 aromatic carbocycles.